The maximum absolute atomic E-state index is 13.7. The smallest absolute Gasteiger partial charge is 0.251 e. The van der Waals surface area contributed by atoms with Gasteiger partial charge in [0.25, 0.3) is 5.91 Å². The SMILES string of the molecule is Cc1cc(Oc2ccccc2)ccc1N(C(=O)CCl)[C@H](C(=O)N1CCNCC1)c1cccs1. The Kier molecular flexibility index (Phi) is 7.65. The van der Waals surface area contributed by atoms with Crippen LogP contribution in [0, 0.1) is 6.92 Å². The summed E-state index contributed by atoms with van der Waals surface area (Å²) < 4.78 is 5.95. The Labute approximate surface area is 202 Å². The van der Waals surface area contributed by atoms with Crippen molar-refractivity contribution in [2.75, 3.05) is 37.0 Å². The summed E-state index contributed by atoms with van der Waals surface area (Å²) >= 11 is 7.50. The molecule has 2 amide bonds. The monoisotopic (exact) mass is 483 g/mol. The van der Waals surface area contributed by atoms with Crippen LogP contribution in [0.1, 0.15) is 16.5 Å². The van der Waals surface area contributed by atoms with Crippen LogP contribution < -0.4 is 15.0 Å². The summed E-state index contributed by atoms with van der Waals surface area (Å²) in [5.74, 6) is 0.739. The molecule has 1 atom stereocenters. The molecule has 1 aromatic heterocycles. The van der Waals surface area contributed by atoms with Gasteiger partial charge in [-0.05, 0) is 54.3 Å². The molecule has 0 unspecified atom stereocenters. The van der Waals surface area contributed by atoms with Gasteiger partial charge in [-0.1, -0.05) is 24.3 Å². The van der Waals surface area contributed by atoms with Gasteiger partial charge in [0, 0.05) is 36.7 Å². The molecule has 3 aromatic rings. The van der Waals surface area contributed by atoms with E-state index in [1.165, 1.54) is 11.3 Å². The fraction of sp³-hybridized carbons (Fsp3) is 0.280. The number of rotatable bonds is 7. The van der Waals surface area contributed by atoms with Crippen LogP contribution in [-0.4, -0.2) is 48.8 Å². The zero-order chi connectivity index (χ0) is 23.2. The van der Waals surface area contributed by atoms with E-state index in [-0.39, 0.29) is 17.7 Å². The maximum atomic E-state index is 13.7. The predicted molar refractivity (Wildman–Crippen MR) is 132 cm³/mol. The van der Waals surface area contributed by atoms with Crippen LogP contribution in [0.15, 0.2) is 66.0 Å². The van der Waals surface area contributed by atoms with Crippen LogP contribution in [0.4, 0.5) is 5.69 Å². The van der Waals surface area contributed by atoms with E-state index in [1.54, 1.807) is 4.90 Å². The average Bonchev–Trinajstić information content (AvgIpc) is 3.38. The second-order valence-corrected chi connectivity index (χ2v) is 9.00. The summed E-state index contributed by atoms with van der Waals surface area (Å²) in [4.78, 5) is 31.0. The van der Waals surface area contributed by atoms with Gasteiger partial charge in [-0.3, -0.25) is 14.5 Å². The second-order valence-electron chi connectivity index (χ2n) is 7.75. The molecule has 1 fully saturated rings. The van der Waals surface area contributed by atoms with Crippen LogP contribution in [0.5, 0.6) is 11.5 Å². The highest BCUT2D eigenvalue weighted by Crippen LogP contribution is 2.36. The number of nitrogens with one attached hydrogen (secondary N) is 1. The van der Waals surface area contributed by atoms with Crippen LogP contribution in [-0.2, 0) is 9.59 Å². The van der Waals surface area contributed by atoms with E-state index < -0.39 is 6.04 Å². The molecule has 4 rings (SSSR count). The first kappa shape index (κ1) is 23.3. The van der Waals surface area contributed by atoms with Crippen LogP contribution in [0.3, 0.4) is 0 Å². The highest BCUT2D eigenvalue weighted by molar-refractivity contribution is 7.10. The van der Waals surface area contributed by atoms with Crippen molar-refractivity contribution in [3.05, 3.63) is 76.5 Å². The summed E-state index contributed by atoms with van der Waals surface area (Å²) in [6, 6.07) is 18.0. The molecule has 172 valence electrons. The van der Waals surface area contributed by atoms with E-state index in [0.29, 0.717) is 24.5 Å². The Balaban J connectivity index is 1.71. The minimum atomic E-state index is -0.769. The van der Waals surface area contributed by atoms with Gasteiger partial charge in [0.05, 0.1) is 0 Å². The van der Waals surface area contributed by atoms with Crippen molar-refractivity contribution in [2.24, 2.45) is 0 Å². The summed E-state index contributed by atoms with van der Waals surface area (Å²) in [6.45, 7) is 4.58. The van der Waals surface area contributed by atoms with Crippen molar-refractivity contribution >= 4 is 40.4 Å². The van der Waals surface area contributed by atoms with Crippen molar-refractivity contribution in [3.8, 4) is 11.5 Å². The van der Waals surface area contributed by atoms with Gasteiger partial charge >= 0.3 is 0 Å². The minimum Gasteiger partial charge on any atom is -0.457 e. The van der Waals surface area contributed by atoms with Crippen molar-refractivity contribution < 1.29 is 14.3 Å². The van der Waals surface area contributed by atoms with E-state index in [4.69, 9.17) is 16.3 Å². The largest absolute Gasteiger partial charge is 0.457 e. The number of piperazine rings is 1. The fourth-order valence-corrected chi connectivity index (χ4v) is 4.87. The molecular formula is C25H26ClN3O3S. The molecule has 0 bridgehead atoms. The lowest BCUT2D eigenvalue weighted by atomic mass is 10.1. The lowest BCUT2D eigenvalue weighted by Gasteiger charge is -2.36. The predicted octanol–water partition coefficient (Wildman–Crippen LogP) is 4.59. The summed E-state index contributed by atoms with van der Waals surface area (Å²) in [6.07, 6.45) is 0. The van der Waals surface area contributed by atoms with Gasteiger partial charge < -0.3 is 15.0 Å². The fourth-order valence-electron chi connectivity index (χ4n) is 3.93. The molecule has 33 heavy (non-hydrogen) atoms. The second kappa shape index (κ2) is 10.8. The summed E-state index contributed by atoms with van der Waals surface area (Å²) in [5, 5.41) is 5.18. The Hall–Kier alpha value is -2.87. The highest BCUT2D eigenvalue weighted by Gasteiger charge is 2.36. The summed E-state index contributed by atoms with van der Waals surface area (Å²) in [5.41, 5.74) is 1.46. The molecule has 6 nitrogen and oxygen atoms in total. The van der Waals surface area contributed by atoms with Gasteiger partial charge in [-0.2, -0.15) is 0 Å². The minimum absolute atomic E-state index is 0.0959. The lowest BCUT2D eigenvalue weighted by Crippen LogP contribution is -2.52. The van der Waals surface area contributed by atoms with E-state index in [2.05, 4.69) is 5.32 Å². The van der Waals surface area contributed by atoms with Crippen molar-refractivity contribution in [3.63, 3.8) is 0 Å². The van der Waals surface area contributed by atoms with Gasteiger partial charge in [0.15, 0.2) is 0 Å². The van der Waals surface area contributed by atoms with E-state index in [0.717, 1.165) is 29.3 Å². The zero-order valence-electron chi connectivity index (χ0n) is 18.4. The highest BCUT2D eigenvalue weighted by atomic mass is 35.5. The number of para-hydroxylation sites is 1. The first-order valence-corrected chi connectivity index (χ1v) is 12.2. The topological polar surface area (TPSA) is 61.9 Å². The standard InChI is InChI=1S/C25H26ClN3O3S/c1-18-16-20(32-19-6-3-2-4-7-19)9-10-21(18)29(23(30)17-26)24(22-8-5-15-33-22)25(31)28-13-11-27-12-14-28/h2-10,15-16,24,27H,11-14,17H2,1H3/t24-/m0/s1. The lowest BCUT2D eigenvalue weighted by molar-refractivity contribution is -0.135. The van der Waals surface area contributed by atoms with Gasteiger partial charge in [0.1, 0.15) is 23.4 Å². The maximum Gasteiger partial charge on any atom is 0.251 e. The van der Waals surface area contributed by atoms with E-state index in [1.807, 2.05) is 77.9 Å². The molecule has 2 heterocycles. The normalized spacial score (nSPS) is 14.5. The number of ether oxygens (including phenoxy) is 1. The number of halogens is 1. The molecule has 1 N–H and O–H groups in total. The number of hydrogen-bond acceptors (Lipinski definition) is 5. The molecule has 0 aliphatic carbocycles. The Morgan fingerprint density at radius 2 is 1.85 bits per heavy atom. The van der Waals surface area contributed by atoms with Crippen LogP contribution in [0.25, 0.3) is 0 Å². The van der Waals surface area contributed by atoms with Gasteiger partial charge in [-0.15, -0.1) is 22.9 Å². The molecule has 1 aliphatic heterocycles. The van der Waals surface area contributed by atoms with Crippen LogP contribution in [0.2, 0.25) is 0 Å². The van der Waals surface area contributed by atoms with Gasteiger partial charge in [-0.25, -0.2) is 0 Å². The third-order valence-electron chi connectivity index (χ3n) is 5.52. The number of thiophene rings is 1. The number of nitrogens with zero attached hydrogens (tertiary/aromatic N) is 2. The van der Waals surface area contributed by atoms with Crippen molar-refractivity contribution in [2.45, 2.75) is 13.0 Å². The zero-order valence-corrected chi connectivity index (χ0v) is 19.9. The number of carbonyl (C=O) groups is 2. The number of anilines is 1. The Bertz CT molecular complexity index is 1090. The quantitative estimate of drug-likeness (QED) is 0.499. The van der Waals surface area contributed by atoms with Gasteiger partial charge in [0.2, 0.25) is 5.91 Å². The molecule has 2 aromatic carbocycles. The number of amides is 2. The number of hydrogen-bond donors (Lipinski definition) is 1. The molecular weight excluding hydrogens is 458 g/mol. The van der Waals surface area contributed by atoms with Crippen LogP contribution >= 0.6 is 22.9 Å². The number of aryl methyl sites for hydroxylation is 1. The molecule has 0 spiro atoms. The van der Waals surface area contributed by atoms with E-state index in [9.17, 15) is 9.59 Å². The number of carbonyl (C=O) groups excluding carboxylic acids is 2. The Morgan fingerprint density at radius 1 is 1.09 bits per heavy atom. The number of alkyl halides is 1. The first-order chi connectivity index (χ1) is 16.1. The van der Waals surface area contributed by atoms with Crippen molar-refractivity contribution in [1.82, 2.24) is 10.2 Å². The summed E-state index contributed by atoms with van der Waals surface area (Å²) in [7, 11) is 0. The third kappa shape index (κ3) is 5.38. The van der Waals surface area contributed by atoms with Crippen molar-refractivity contribution in [1.29, 1.82) is 0 Å². The molecule has 0 saturated carbocycles. The van der Waals surface area contributed by atoms with E-state index >= 15 is 0 Å². The average molecular weight is 484 g/mol. The Morgan fingerprint density at radius 3 is 2.48 bits per heavy atom. The molecule has 1 aliphatic rings. The molecule has 0 radical (unpaired) electrons. The number of benzene rings is 2. The first-order valence-electron chi connectivity index (χ1n) is 10.8. The molecule has 8 heteroatoms. The third-order valence-corrected chi connectivity index (χ3v) is 6.68. The molecule has 1 saturated heterocycles.